The van der Waals surface area contributed by atoms with Crippen LogP contribution in [0.4, 0.5) is 0 Å². The molecule has 0 aromatic carbocycles. The third-order valence-corrected chi connectivity index (χ3v) is 4.03. The van der Waals surface area contributed by atoms with Crippen LogP contribution in [0, 0.1) is 0 Å². The van der Waals surface area contributed by atoms with Gasteiger partial charge in [0.2, 0.25) is 0 Å². The van der Waals surface area contributed by atoms with Gasteiger partial charge in [0.15, 0.2) is 0 Å². The smallest absolute Gasteiger partial charge is 0.305 e. The molecule has 0 atom stereocenters. The van der Waals surface area contributed by atoms with E-state index in [4.69, 9.17) is 9.47 Å². The van der Waals surface area contributed by atoms with E-state index in [9.17, 15) is 9.59 Å². The van der Waals surface area contributed by atoms with E-state index in [-0.39, 0.29) is 11.9 Å². The van der Waals surface area contributed by atoms with Crippen molar-refractivity contribution in [1.29, 1.82) is 0 Å². The van der Waals surface area contributed by atoms with Gasteiger partial charge >= 0.3 is 11.9 Å². The quantitative estimate of drug-likeness (QED) is 0.256. The van der Waals surface area contributed by atoms with Crippen LogP contribution in [0.5, 0.6) is 0 Å². The van der Waals surface area contributed by atoms with Crippen LogP contribution in [-0.4, -0.2) is 25.2 Å². The number of unbranched alkanes of at least 4 members (excludes halogenated alkanes) is 9. The van der Waals surface area contributed by atoms with Gasteiger partial charge in [0.05, 0.1) is 13.2 Å². The van der Waals surface area contributed by atoms with Crippen molar-refractivity contribution in [3.8, 4) is 0 Å². The molecule has 0 radical (unpaired) electrons. The highest BCUT2D eigenvalue weighted by Gasteiger charge is 2.03. The molecule has 0 aromatic heterocycles. The van der Waals surface area contributed by atoms with Crippen LogP contribution in [0.1, 0.15) is 104 Å². The molecule has 24 heavy (non-hydrogen) atoms. The van der Waals surface area contributed by atoms with Crippen molar-refractivity contribution in [2.45, 2.75) is 104 Å². The van der Waals surface area contributed by atoms with Crippen LogP contribution in [0.2, 0.25) is 0 Å². The highest BCUT2D eigenvalue weighted by Crippen LogP contribution is 2.07. The first-order chi connectivity index (χ1) is 11.7. The minimum atomic E-state index is -0.0517. The predicted molar refractivity (Wildman–Crippen MR) is 97.9 cm³/mol. The summed E-state index contributed by atoms with van der Waals surface area (Å²) >= 11 is 0. The second-order valence-electron chi connectivity index (χ2n) is 6.48. The lowest BCUT2D eigenvalue weighted by Crippen LogP contribution is -2.06. The van der Waals surface area contributed by atoms with E-state index in [1.165, 1.54) is 0 Å². The van der Waals surface area contributed by atoms with Crippen molar-refractivity contribution < 1.29 is 19.1 Å². The zero-order valence-corrected chi connectivity index (χ0v) is 15.9. The van der Waals surface area contributed by atoms with Gasteiger partial charge in [0, 0.05) is 12.8 Å². The molecule has 0 aliphatic carbocycles. The van der Waals surface area contributed by atoms with Crippen molar-refractivity contribution >= 4 is 11.9 Å². The van der Waals surface area contributed by atoms with E-state index in [1.54, 1.807) is 0 Å². The second kappa shape index (κ2) is 18.3. The largest absolute Gasteiger partial charge is 0.466 e. The van der Waals surface area contributed by atoms with E-state index in [2.05, 4.69) is 13.8 Å². The molecule has 0 fully saturated rings. The van der Waals surface area contributed by atoms with Crippen LogP contribution in [0.3, 0.4) is 0 Å². The van der Waals surface area contributed by atoms with Gasteiger partial charge in [0.25, 0.3) is 0 Å². The van der Waals surface area contributed by atoms with E-state index >= 15 is 0 Å². The van der Waals surface area contributed by atoms with Gasteiger partial charge in [-0.2, -0.15) is 0 Å². The fraction of sp³-hybridized carbons (Fsp3) is 0.900. The Balaban J connectivity index is 3.20. The molecule has 0 amide bonds. The molecule has 0 bridgehead atoms. The van der Waals surface area contributed by atoms with Gasteiger partial charge in [-0.1, -0.05) is 65.2 Å². The molecule has 4 heteroatoms. The summed E-state index contributed by atoms with van der Waals surface area (Å²) in [4.78, 5) is 22.8. The number of carbonyl (C=O) groups is 2. The van der Waals surface area contributed by atoms with Crippen molar-refractivity contribution in [3.63, 3.8) is 0 Å². The Bertz CT molecular complexity index is 272. The standard InChI is InChI=1S/C20H38O4/c1-3-5-11-15-19(21)23-17-13-9-7-8-10-14-18-24-20(22)16-12-6-4-2/h3-18H2,1-2H3. The van der Waals surface area contributed by atoms with Crippen molar-refractivity contribution in [2.75, 3.05) is 13.2 Å². The Kier molecular flexibility index (Phi) is 17.5. The normalized spacial score (nSPS) is 10.6. The van der Waals surface area contributed by atoms with Gasteiger partial charge in [0.1, 0.15) is 0 Å². The van der Waals surface area contributed by atoms with Gasteiger partial charge in [-0.15, -0.1) is 0 Å². The van der Waals surface area contributed by atoms with Crippen LogP contribution in [0.25, 0.3) is 0 Å². The van der Waals surface area contributed by atoms with Crippen molar-refractivity contribution in [1.82, 2.24) is 0 Å². The number of hydrogen-bond donors (Lipinski definition) is 0. The number of carbonyl (C=O) groups excluding carboxylic acids is 2. The first kappa shape index (κ1) is 22.9. The summed E-state index contributed by atoms with van der Waals surface area (Å²) in [5.41, 5.74) is 0. The lowest BCUT2D eigenvalue weighted by molar-refractivity contribution is -0.144. The van der Waals surface area contributed by atoms with Gasteiger partial charge in [-0.3, -0.25) is 9.59 Å². The third-order valence-electron chi connectivity index (χ3n) is 4.03. The highest BCUT2D eigenvalue weighted by molar-refractivity contribution is 5.69. The molecule has 0 saturated heterocycles. The minimum Gasteiger partial charge on any atom is -0.466 e. The molecule has 0 rings (SSSR count). The average molecular weight is 343 g/mol. The molecule has 0 aromatic rings. The molecule has 0 unspecified atom stereocenters. The number of ether oxygens (including phenoxy) is 2. The van der Waals surface area contributed by atoms with Crippen LogP contribution in [-0.2, 0) is 19.1 Å². The topological polar surface area (TPSA) is 52.6 Å². The van der Waals surface area contributed by atoms with E-state index < -0.39 is 0 Å². The number of esters is 2. The zero-order valence-electron chi connectivity index (χ0n) is 15.9. The van der Waals surface area contributed by atoms with Gasteiger partial charge < -0.3 is 9.47 Å². The molecule has 0 spiro atoms. The van der Waals surface area contributed by atoms with E-state index in [0.29, 0.717) is 26.1 Å². The second-order valence-corrected chi connectivity index (χ2v) is 6.48. The monoisotopic (exact) mass is 342 g/mol. The summed E-state index contributed by atoms with van der Waals surface area (Å²) in [7, 11) is 0. The molecule has 0 aliphatic heterocycles. The predicted octanol–water partition coefficient (Wildman–Crippen LogP) is 5.57. The Morgan fingerprint density at radius 3 is 1.29 bits per heavy atom. The van der Waals surface area contributed by atoms with Crippen molar-refractivity contribution in [2.24, 2.45) is 0 Å². The Hall–Kier alpha value is -1.06. The van der Waals surface area contributed by atoms with E-state index in [1.807, 2.05) is 0 Å². The maximum atomic E-state index is 11.4. The summed E-state index contributed by atoms with van der Waals surface area (Å²) in [5, 5.41) is 0. The van der Waals surface area contributed by atoms with Gasteiger partial charge in [-0.25, -0.2) is 0 Å². The summed E-state index contributed by atoms with van der Waals surface area (Å²) in [5.74, 6) is -0.103. The van der Waals surface area contributed by atoms with Crippen molar-refractivity contribution in [3.05, 3.63) is 0 Å². The number of hydrogen-bond acceptors (Lipinski definition) is 4. The average Bonchev–Trinajstić information content (AvgIpc) is 2.57. The molecular weight excluding hydrogens is 304 g/mol. The minimum absolute atomic E-state index is 0.0517. The zero-order chi connectivity index (χ0) is 17.9. The molecule has 4 nitrogen and oxygen atoms in total. The molecule has 0 aliphatic rings. The lowest BCUT2D eigenvalue weighted by Gasteiger charge is -2.06. The Morgan fingerprint density at radius 1 is 0.542 bits per heavy atom. The SMILES string of the molecule is CCCCCC(=O)OCCCCCCCCOC(=O)CCCCC. The summed E-state index contributed by atoms with van der Waals surface area (Å²) in [6.07, 6.45) is 13.9. The maximum absolute atomic E-state index is 11.4. The molecule has 0 N–H and O–H groups in total. The highest BCUT2D eigenvalue weighted by atomic mass is 16.5. The molecule has 142 valence electrons. The Morgan fingerprint density at radius 2 is 0.917 bits per heavy atom. The van der Waals surface area contributed by atoms with Crippen LogP contribution >= 0.6 is 0 Å². The number of rotatable bonds is 17. The van der Waals surface area contributed by atoms with E-state index in [0.717, 1.165) is 77.0 Å². The fourth-order valence-electron chi connectivity index (χ4n) is 2.47. The maximum Gasteiger partial charge on any atom is 0.305 e. The lowest BCUT2D eigenvalue weighted by atomic mass is 10.1. The Labute approximate surface area is 148 Å². The molecule has 0 saturated carbocycles. The van der Waals surface area contributed by atoms with Gasteiger partial charge in [-0.05, 0) is 25.7 Å². The molecule has 0 heterocycles. The first-order valence-corrected chi connectivity index (χ1v) is 10.0. The first-order valence-electron chi connectivity index (χ1n) is 10.0. The summed E-state index contributed by atoms with van der Waals surface area (Å²) in [6, 6.07) is 0. The summed E-state index contributed by atoms with van der Waals surface area (Å²) < 4.78 is 10.4. The van der Waals surface area contributed by atoms with Crippen LogP contribution < -0.4 is 0 Å². The molecular formula is C20H38O4. The third kappa shape index (κ3) is 17.3. The fourth-order valence-corrected chi connectivity index (χ4v) is 2.47. The summed E-state index contributed by atoms with van der Waals surface area (Å²) in [6.45, 7) is 5.37. The van der Waals surface area contributed by atoms with Crippen LogP contribution in [0.15, 0.2) is 0 Å².